The lowest BCUT2D eigenvalue weighted by atomic mass is 9.99. The number of aryl methyl sites for hydroxylation is 2. The van der Waals surface area contributed by atoms with Gasteiger partial charge in [-0.25, -0.2) is 0 Å². The Morgan fingerprint density at radius 3 is 2.33 bits per heavy atom. The van der Waals surface area contributed by atoms with Crippen molar-refractivity contribution in [3.63, 3.8) is 0 Å². The Morgan fingerprint density at radius 1 is 0.944 bits per heavy atom. The summed E-state index contributed by atoms with van der Waals surface area (Å²) in [5.41, 5.74) is 3.36. The molecule has 6 heteroatoms. The fourth-order valence-electron chi connectivity index (χ4n) is 4.36. The molecule has 4 aromatic rings. The van der Waals surface area contributed by atoms with Gasteiger partial charge in [0, 0.05) is 16.1 Å². The standard InChI is InChI=1S/C30H25NO4S/c1-3-20-9-11-21(12-10-20)28(32)26-27(25-8-5-17-36-25)31(30(34)29(26)33)22-13-15-23(16-14-22)35-24-7-4-6-19(2)18-24/h4-18,27,32H,3H2,1-2H3/b28-26-. The summed E-state index contributed by atoms with van der Waals surface area (Å²) >= 11 is 1.44. The first-order valence-electron chi connectivity index (χ1n) is 11.7. The van der Waals surface area contributed by atoms with Gasteiger partial charge in [0.1, 0.15) is 23.3 Å². The van der Waals surface area contributed by atoms with Crippen molar-refractivity contribution < 1.29 is 19.4 Å². The maximum Gasteiger partial charge on any atom is 0.300 e. The molecule has 1 aliphatic rings. The molecule has 1 saturated heterocycles. The SMILES string of the molecule is CCc1ccc(/C(O)=C2/C(=O)C(=O)N(c3ccc(Oc4cccc(C)c4)cc3)C2c2cccs2)cc1. The van der Waals surface area contributed by atoms with Gasteiger partial charge in [0.15, 0.2) is 0 Å². The topological polar surface area (TPSA) is 66.8 Å². The Bertz CT molecular complexity index is 1440. The number of aliphatic hydroxyl groups is 1. The van der Waals surface area contributed by atoms with E-state index in [2.05, 4.69) is 0 Å². The first-order chi connectivity index (χ1) is 17.5. The molecule has 36 heavy (non-hydrogen) atoms. The quantitative estimate of drug-likeness (QED) is 0.177. The van der Waals surface area contributed by atoms with E-state index in [9.17, 15) is 14.7 Å². The normalized spacial score (nSPS) is 16.9. The predicted molar refractivity (Wildman–Crippen MR) is 143 cm³/mol. The predicted octanol–water partition coefficient (Wildman–Crippen LogP) is 7.04. The fourth-order valence-corrected chi connectivity index (χ4v) is 5.18. The van der Waals surface area contributed by atoms with E-state index < -0.39 is 17.7 Å². The molecule has 5 rings (SSSR count). The highest BCUT2D eigenvalue weighted by molar-refractivity contribution is 7.10. The summed E-state index contributed by atoms with van der Waals surface area (Å²) in [7, 11) is 0. The zero-order valence-electron chi connectivity index (χ0n) is 20.0. The van der Waals surface area contributed by atoms with Crippen molar-refractivity contribution in [2.24, 2.45) is 0 Å². The summed E-state index contributed by atoms with van der Waals surface area (Å²) < 4.78 is 5.94. The number of ketones is 1. The van der Waals surface area contributed by atoms with E-state index >= 15 is 0 Å². The number of aliphatic hydroxyl groups excluding tert-OH is 1. The third kappa shape index (κ3) is 4.43. The van der Waals surface area contributed by atoms with Gasteiger partial charge in [-0.2, -0.15) is 0 Å². The fraction of sp³-hybridized carbons (Fsp3) is 0.133. The largest absolute Gasteiger partial charge is 0.507 e. The van der Waals surface area contributed by atoms with Crippen LogP contribution < -0.4 is 9.64 Å². The van der Waals surface area contributed by atoms with Gasteiger partial charge in [-0.3, -0.25) is 14.5 Å². The molecule has 1 aromatic heterocycles. The van der Waals surface area contributed by atoms with Crippen molar-refractivity contribution >= 4 is 34.5 Å². The number of Topliss-reactive ketones (excluding diaryl/α,β-unsaturated/α-hetero) is 1. The Kier molecular flexibility index (Phi) is 6.44. The van der Waals surface area contributed by atoms with Crippen molar-refractivity contribution in [1.82, 2.24) is 0 Å². The van der Waals surface area contributed by atoms with Crippen molar-refractivity contribution in [1.29, 1.82) is 0 Å². The number of hydrogen-bond donors (Lipinski definition) is 1. The number of rotatable bonds is 6. The molecule has 0 aliphatic carbocycles. The number of thiophene rings is 1. The van der Waals surface area contributed by atoms with E-state index in [0.717, 1.165) is 28.2 Å². The Labute approximate surface area is 213 Å². The van der Waals surface area contributed by atoms with E-state index in [4.69, 9.17) is 4.74 Å². The number of benzene rings is 3. The zero-order valence-corrected chi connectivity index (χ0v) is 20.8. The highest BCUT2D eigenvalue weighted by Gasteiger charge is 2.47. The van der Waals surface area contributed by atoms with Gasteiger partial charge in [-0.15, -0.1) is 11.3 Å². The van der Waals surface area contributed by atoms with E-state index in [1.54, 1.807) is 36.4 Å². The Morgan fingerprint density at radius 2 is 1.69 bits per heavy atom. The number of nitrogens with zero attached hydrogens (tertiary/aromatic N) is 1. The minimum Gasteiger partial charge on any atom is -0.507 e. The second-order valence-corrected chi connectivity index (χ2v) is 9.63. The maximum atomic E-state index is 13.3. The van der Waals surface area contributed by atoms with Crippen molar-refractivity contribution in [3.8, 4) is 11.5 Å². The lowest BCUT2D eigenvalue weighted by molar-refractivity contribution is -0.132. The zero-order chi connectivity index (χ0) is 25.2. The molecule has 2 heterocycles. The van der Waals surface area contributed by atoms with Crippen molar-refractivity contribution in [3.05, 3.63) is 117 Å². The van der Waals surface area contributed by atoms with Gasteiger partial charge in [0.05, 0.1) is 5.57 Å². The molecule has 1 amide bonds. The summed E-state index contributed by atoms with van der Waals surface area (Å²) in [5.74, 6) is -0.213. The van der Waals surface area contributed by atoms with E-state index in [-0.39, 0.29) is 11.3 Å². The molecule has 0 spiro atoms. The van der Waals surface area contributed by atoms with Crippen LogP contribution in [0.1, 0.15) is 34.5 Å². The molecular formula is C30H25NO4S. The van der Waals surface area contributed by atoms with Crippen LogP contribution in [0.5, 0.6) is 11.5 Å². The lowest BCUT2D eigenvalue weighted by Crippen LogP contribution is -2.29. The van der Waals surface area contributed by atoms with Crippen LogP contribution in [0, 0.1) is 6.92 Å². The van der Waals surface area contributed by atoms with Gasteiger partial charge in [0.2, 0.25) is 0 Å². The van der Waals surface area contributed by atoms with Crippen LogP contribution >= 0.6 is 11.3 Å². The van der Waals surface area contributed by atoms with Crippen LogP contribution in [-0.4, -0.2) is 16.8 Å². The molecule has 1 unspecified atom stereocenters. The average Bonchev–Trinajstić information content (AvgIpc) is 3.51. The van der Waals surface area contributed by atoms with Crippen LogP contribution in [-0.2, 0) is 16.0 Å². The molecule has 0 bridgehead atoms. The van der Waals surface area contributed by atoms with Gasteiger partial charge in [0.25, 0.3) is 11.7 Å². The minimum absolute atomic E-state index is 0.0896. The van der Waals surface area contributed by atoms with Crippen LogP contribution in [0.2, 0.25) is 0 Å². The number of hydrogen-bond acceptors (Lipinski definition) is 5. The van der Waals surface area contributed by atoms with E-state index in [1.807, 2.05) is 67.8 Å². The molecule has 1 atom stereocenters. The minimum atomic E-state index is -0.723. The summed E-state index contributed by atoms with van der Waals surface area (Å²) in [4.78, 5) is 28.8. The Balaban J connectivity index is 1.53. The monoisotopic (exact) mass is 495 g/mol. The van der Waals surface area contributed by atoms with Crippen LogP contribution in [0.15, 0.2) is 95.9 Å². The molecule has 1 N–H and O–H groups in total. The molecule has 0 radical (unpaired) electrons. The second kappa shape index (κ2) is 9.84. The second-order valence-electron chi connectivity index (χ2n) is 8.65. The third-order valence-electron chi connectivity index (χ3n) is 6.23. The molecule has 0 saturated carbocycles. The van der Waals surface area contributed by atoms with Crippen LogP contribution in [0.4, 0.5) is 5.69 Å². The molecular weight excluding hydrogens is 470 g/mol. The number of amides is 1. The van der Waals surface area contributed by atoms with Crippen molar-refractivity contribution in [2.75, 3.05) is 4.90 Å². The molecule has 5 nitrogen and oxygen atoms in total. The highest BCUT2D eigenvalue weighted by Crippen LogP contribution is 2.44. The molecule has 1 aliphatic heterocycles. The van der Waals surface area contributed by atoms with Gasteiger partial charge >= 0.3 is 0 Å². The summed E-state index contributed by atoms with van der Waals surface area (Å²) in [6, 6.07) is 25.2. The first kappa shape index (κ1) is 23.6. The summed E-state index contributed by atoms with van der Waals surface area (Å²) in [6.07, 6.45) is 0.865. The first-order valence-corrected chi connectivity index (χ1v) is 12.6. The summed E-state index contributed by atoms with van der Waals surface area (Å²) in [5, 5.41) is 13.1. The number of carbonyl (C=O) groups is 2. The third-order valence-corrected chi connectivity index (χ3v) is 7.16. The smallest absolute Gasteiger partial charge is 0.300 e. The van der Waals surface area contributed by atoms with E-state index in [1.165, 1.54) is 16.2 Å². The average molecular weight is 496 g/mol. The number of anilines is 1. The van der Waals surface area contributed by atoms with Crippen molar-refractivity contribution in [2.45, 2.75) is 26.3 Å². The lowest BCUT2D eigenvalue weighted by Gasteiger charge is -2.24. The maximum absolute atomic E-state index is 13.3. The van der Waals surface area contributed by atoms with E-state index in [0.29, 0.717) is 17.0 Å². The van der Waals surface area contributed by atoms with Crippen LogP contribution in [0.3, 0.4) is 0 Å². The summed E-state index contributed by atoms with van der Waals surface area (Å²) in [6.45, 7) is 4.05. The van der Waals surface area contributed by atoms with Crippen LogP contribution in [0.25, 0.3) is 5.76 Å². The highest BCUT2D eigenvalue weighted by atomic mass is 32.1. The Hall–Kier alpha value is -4.16. The molecule has 180 valence electrons. The number of carbonyl (C=O) groups excluding carboxylic acids is 2. The molecule has 3 aromatic carbocycles. The molecule has 1 fully saturated rings. The number of ether oxygens (including phenoxy) is 1. The van der Waals surface area contributed by atoms with Gasteiger partial charge < -0.3 is 9.84 Å². The van der Waals surface area contributed by atoms with Gasteiger partial charge in [-0.05, 0) is 72.3 Å². The van der Waals surface area contributed by atoms with Gasteiger partial charge in [-0.1, -0.05) is 49.4 Å².